The van der Waals surface area contributed by atoms with Gasteiger partial charge in [0, 0.05) is 17.2 Å². The van der Waals surface area contributed by atoms with E-state index < -0.39 is 0 Å². The molecule has 0 aliphatic rings. The first-order chi connectivity index (χ1) is 14.5. The number of hydrogen-bond donors (Lipinski definition) is 2. The SMILES string of the molecule is COc1cc(OC)cc(C(=O)Nc2c(-c3ccccc3OC)n[nH]c2CC(C)C)c1. The zero-order valence-corrected chi connectivity index (χ0v) is 17.9. The quantitative estimate of drug-likeness (QED) is 0.570. The number of amides is 1. The maximum atomic E-state index is 13.1. The molecule has 0 spiro atoms. The fraction of sp³-hybridized carbons (Fsp3) is 0.304. The number of benzene rings is 2. The topological polar surface area (TPSA) is 85.5 Å². The molecule has 2 aromatic carbocycles. The van der Waals surface area contributed by atoms with Gasteiger partial charge in [0.15, 0.2) is 0 Å². The van der Waals surface area contributed by atoms with Crippen LogP contribution in [0.15, 0.2) is 42.5 Å². The van der Waals surface area contributed by atoms with Crippen LogP contribution < -0.4 is 19.5 Å². The Labute approximate surface area is 176 Å². The summed E-state index contributed by atoms with van der Waals surface area (Å²) in [6, 6.07) is 12.6. The van der Waals surface area contributed by atoms with Crippen LogP contribution in [-0.2, 0) is 6.42 Å². The van der Waals surface area contributed by atoms with Gasteiger partial charge in [-0.2, -0.15) is 5.10 Å². The van der Waals surface area contributed by atoms with Crippen LogP contribution in [0.4, 0.5) is 5.69 Å². The molecule has 1 aromatic heterocycles. The van der Waals surface area contributed by atoms with Crippen molar-refractivity contribution in [2.24, 2.45) is 5.92 Å². The summed E-state index contributed by atoms with van der Waals surface area (Å²) in [5, 5.41) is 10.6. The van der Waals surface area contributed by atoms with E-state index in [2.05, 4.69) is 29.4 Å². The lowest BCUT2D eigenvalue weighted by Gasteiger charge is -2.13. The molecule has 0 saturated carbocycles. The second-order valence-corrected chi connectivity index (χ2v) is 7.28. The molecular formula is C23H27N3O4. The number of carbonyl (C=O) groups is 1. The first-order valence-corrected chi connectivity index (χ1v) is 9.71. The summed E-state index contributed by atoms with van der Waals surface area (Å²) in [6.07, 6.45) is 0.735. The first-order valence-electron chi connectivity index (χ1n) is 9.71. The van der Waals surface area contributed by atoms with Crippen LogP contribution in [-0.4, -0.2) is 37.4 Å². The summed E-state index contributed by atoms with van der Waals surface area (Å²) in [5.74, 6) is 1.86. The Balaban J connectivity index is 2.04. The number of ether oxygens (including phenoxy) is 3. The van der Waals surface area contributed by atoms with Crippen molar-refractivity contribution in [2.45, 2.75) is 20.3 Å². The van der Waals surface area contributed by atoms with E-state index >= 15 is 0 Å². The smallest absolute Gasteiger partial charge is 0.256 e. The van der Waals surface area contributed by atoms with Crippen molar-refractivity contribution in [3.05, 3.63) is 53.7 Å². The molecule has 158 valence electrons. The molecule has 3 aromatic rings. The summed E-state index contributed by atoms with van der Waals surface area (Å²) in [4.78, 5) is 13.1. The van der Waals surface area contributed by atoms with Crippen LogP contribution in [0.1, 0.15) is 29.9 Å². The van der Waals surface area contributed by atoms with E-state index in [-0.39, 0.29) is 5.91 Å². The molecule has 1 heterocycles. The number of nitrogens with one attached hydrogen (secondary N) is 2. The number of H-pyrrole nitrogens is 1. The van der Waals surface area contributed by atoms with Crippen LogP contribution in [0.5, 0.6) is 17.2 Å². The number of aromatic nitrogens is 2. The van der Waals surface area contributed by atoms with E-state index in [0.29, 0.717) is 40.1 Å². The molecule has 3 rings (SSSR count). The molecule has 2 N–H and O–H groups in total. The Kier molecular flexibility index (Phi) is 6.61. The van der Waals surface area contributed by atoms with E-state index in [9.17, 15) is 4.79 Å². The average molecular weight is 409 g/mol. The van der Waals surface area contributed by atoms with Gasteiger partial charge in [-0.1, -0.05) is 26.0 Å². The third kappa shape index (κ3) is 4.56. The molecule has 0 fully saturated rings. The van der Waals surface area contributed by atoms with E-state index in [1.165, 1.54) is 0 Å². The van der Waals surface area contributed by atoms with Gasteiger partial charge in [-0.15, -0.1) is 0 Å². The van der Waals surface area contributed by atoms with Crippen molar-refractivity contribution >= 4 is 11.6 Å². The molecule has 0 saturated heterocycles. The van der Waals surface area contributed by atoms with Gasteiger partial charge < -0.3 is 19.5 Å². The van der Waals surface area contributed by atoms with E-state index in [4.69, 9.17) is 14.2 Å². The van der Waals surface area contributed by atoms with Crippen LogP contribution in [0.3, 0.4) is 0 Å². The van der Waals surface area contributed by atoms with E-state index in [1.54, 1.807) is 39.5 Å². The van der Waals surface area contributed by atoms with Crippen LogP contribution >= 0.6 is 0 Å². The number of anilines is 1. The average Bonchev–Trinajstić information content (AvgIpc) is 3.14. The Hall–Kier alpha value is -3.48. The molecule has 0 bridgehead atoms. The molecule has 0 atom stereocenters. The maximum absolute atomic E-state index is 13.1. The maximum Gasteiger partial charge on any atom is 0.256 e. The normalized spacial score (nSPS) is 10.7. The Bertz CT molecular complexity index is 1000. The van der Waals surface area contributed by atoms with Crippen LogP contribution in [0, 0.1) is 5.92 Å². The predicted octanol–water partition coefficient (Wildman–Crippen LogP) is 4.55. The molecule has 30 heavy (non-hydrogen) atoms. The van der Waals surface area contributed by atoms with Crippen molar-refractivity contribution in [3.8, 4) is 28.5 Å². The number of nitrogens with zero attached hydrogens (tertiary/aromatic N) is 1. The summed E-state index contributed by atoms with van der Waals surface area (Å²) in [6.45, 7) is 4.23. The largest absolute Gasteiger partial charge is 0.497 e. The molecule has 0 aliphatic carbocycles. The van der Waals surface area contributed by atoms with Crippen molar-refractivity contribution in [2.75, 3.05) is 26.6 Å². The minimum Gasteiger partial charge on any atom is -0.497 e. The molecule has 0 aliphatic heterocycles. The molecule has 1 amide bonds. The third-order valence-electron chi connectivity index (χ3n) is 4.67. The standard InChI is InChI=1S/C23H27N3O4/c1-14(2)10-19-22(21(26-25-19)18-8-6-7-9-20(18)30-5)24-23(27)15-11-16(28-3)13-17(12-15)29-4/h6-9,11-14H,10H2,1-5H3,(H,24,27)(H,25,26). The lowest BCUT2D eigenvalue weighted by Crippen LogP contribution is -2.14. The minimum absolute atomic E-state index is 0.283. The highest BCUT2D eigenvalue weighted by atomic mass is 16.5. The van der Waals surface area contributed by atoms with Gasteiger partial charge in [-0.05, 0) is 36.6 Å². The zero-order valence-electron chi connectivity index (χ0n) is 17.9. The van der Waals surface area contributed by atoms with Crippen molar-refractivity contribution in [1.29, 1.82) is 0 Å². The highest BCUT2D eigenvalue weighted by molar-refractivity contribution is 6.07. The van der Waals surface area contributed by atoms with Gasteiger partial charge in [0.2, 0.25) is 0 Å². The summed E-state index contributed by atoms with van der Waals surface area (Å²) in [5.41, 5.74) is 3.35. The van der Waals surface area contributed by atoms with Gasteiger partial charge in [-0.3, -0.25) is 9.89 Å². The monoisotopic (exact) mass is 409 g/mol. The van der Waals surface area contributed by atoms with Crippen molar-refractivity contribution in [3.63, 3.8) is 0 Å². The second-order valence-electron chi connectivity index (χ2n) is 7.28. The zero-order chi connectivity index (χ0) is 21.7. The first kappa shape index (κ1) is 21.2. The number of para-hydroxylation sites is 1. The number of aromatic amines is 1. The van der Waals surface area contributed by atoms with Gasteiger partial charge in [0.1, 0.15) is 22.9 Å². The highest BCUT2D eigenvalue weighted by Crippen LogP contribution is 2.36. The molecule has 0 unspecified atom stereocenters. The third-order valence-corrected chi connectivity index (χ3v) is 4.67. The van der Waals surface area contributed by atoms with Crippen LogP contribution in [0.2, 0.25) is 0 Å². The van der Waals surface area contributed by atoms with Gasteiger partial charge >= 0.3 is 0 Å². The summed E-state index contributed by atoms with van der Waals surface area (Å²) < 4.78 is 16.1. The predicted molar refractivity (Wildman–Crippen MR) is 117 cm³/mol. The fourth-order valence-electron chi connectivity index (χ4n) is 3.23. The van der Waals surface area contributed by atoms with Gasteiger partial charge in [-0.25, -0.2) is 0 Å². The number of hydrogen-bond acceptors (Lipinski definition) is 5. The summed E-state index contributed by atoms with van der Waals surface area (Å²) >= 11 is 0. The van der Waals surface area contributed by atoms with Crippen LogP contribution in [0.25, 0.3) is 11.3 Å². The van der Waals surface area contributed by atoms with E-state index in [0.717, 1.165) is 17.7 Å². The number of carbonyl (C=O) groups excluding carboxylic acids is 1. The fourth-order valence-corrected chi connectivity index (χ4v) is 3.23. The number of methoxy groups -OCH3 is 3. The Morgan fingerprint density at radius 1 is 1.03 bits per heavy atom. The number of rotatable bonds is 8. The molecular weight excluding hydrogens is 382 g/mol. The van der Waals surface area contributed by atoms with E-state index in [1.807, 2.05) is 24.3 Å². The molecule has 0 radical (unpaired) electrons. The van der Waals surface area contributed by atoms with Crippen molar-refractivity contribution < 1.29 is 19.0 Å². The lowest BCUT2D eigenvalue weighted by atomic mass is 10.0. The Morgan fingerprint density at radius 3 is 2.30 bits per heavy atom. The van der Waals surface area contributed by atoms with Gasteiger partial charge in [0.25, 0.3) is 5.91 Å². The molecule has 7 nitrogen and oxygen atoms in total. The Morgan fingerprint density at radius 2 is 1.70 bits per heavy atom. The molecule has 7 heteroatoms. The minimum atomic E-state index is -0.283. The lowest BCUT2D eigenvalue weighted by molar-refractivity contribution is 0.102. The summed E-state index contributed by atoms with van der Waals surface area (Å²) in [7, 11) is 4.71. The van der Waals surface area contributed by atoms with Crippen molar-refractivity contribution in [1.82, 2.24) is 10.2 Å². The second kappa shape index (κ2) is 9.35. The van der Waals surface area contributed by atoms with Gasteiger partial charge in [0.05, 0.1) is 32.7 Å². The highest BCUT2D eigenvalue weighted by Gasteiger charge is 2.21.